The Kier molecular flexibility index (Phi) is 6.06. The van der Waals surface area contributed by atoms with Crippen LogP contribution in [0.2, 0.25) is 0 Å². The minimum Gasteiger partial charge on any atom is -0.307 e. The Morgan fingerprint density at radius 1 is 1.25 bits per heavy atom. The van der Waals surface area contributed by atoms with Gasteiger partial charge in [-0.25, -0.2) is 0 Å². The zero-order valence-corrected chi connectivity index (χ0v) is 13.3. The molecule has 2 heteroatoms. The number of nitrogens with zero attached hydrogens (tertiary/aromatic N) is 1. The second-order valence-corrected chi connectivity index (χ2v) is 6.29. The highest BCUT2D eigenvalue weighted by Gasteiger charge is 2.25. The lowest BCUT2D eigenvalue weighted by Crippen LogP contribution is -2.45. The molecule has 20 heavy (non-hydrogen) atoms. The van der Waals surface area contributed by atoms with Gasteiger partial charge in [-0.2, -0.15) is 0 Å². The molecular formula is C18H30N2. The average Bonchev–Trinajstić information content (AvgIpc) is 2.48. The molecule has 1 fully saturated rings. The molecule has 1 aromatic carbocycles. The van der Waals surface area contributed by atoms with E-state index in [1.54, 1.807) is 0 Å². The Morgan fingerprint density at radius 3 is 2.70 bits per heavy atom. The summed E-state index contributed by atoms with van der Waals surface area (Å²) in [5, 5.41) is 3.80. The van der Waals surface area contributed by atoms with Crippen molar-refractivity contribution in [3.8, 4) is 0 Å². The summed E-state index contributed by atoms with van der Waals surface area (Å²) in [6.45, 7) is 10.7. The molecule has 2 unspecified atom stereocenters. The number of hydrogen-bond acceptors (Lipinski definition) is 2. The maximum absolute atomic E-state index is 3.80. The standard InChI is InChI=1S/C18H30N2/c1-4-12-20-13-8-11-18(14-20)16(3)19-15(2)17-9-6-5-7-10-17/h5-7,9-10,15-16,18-19H,4,8,11-14H2,1-3H3/t15-,16?,18?/m1/s1. The second kappa shape index (κ2) is 7.80. The van der Waals surface area contributed by atoms with Crippen molar-refractivity contribution in [3.05, 3.63) is 35.9 Å². The molecule has 1 aliphatic rings. The first-order valence-electron chi connectivity index (χ1n) is 8.24. The van der Waals surface area contributed by atoms with Gasteiger partial charge in [-0.05, 0) is 57.7 Å². The van der Waals surface area contributed by atoms with E-state index in [4.69, 9.17) is 0 Å². The highest BCUT2D eigenvalue weighted by molar-refractivity contribution is 5.18. The molecule has 2 nitrogen and oxygen atoms in total. The summed E-state index contributed by atoms with van der Waals surface area (Å²) < 4.78 is 0. The zero-order chi connectivity index (χ0) is 14.4. The van der Waals surface area contributed by atoms with Crippen LogP contribution in [0.15, 0.2) is 30.3 Å². The van der Waals surface area contributed by atoms with Crippen LogP contribution in [-0.2, 0) is 0 Å². The van der Waals surface area contributed by atoms with Crippen molar-refractivity contribution in [1.82, 2.24) is 10.2 Å². The summed E-state index contributed by atoms with van der Waals surface area (Å²) in [5.74, 6) is 0.793. The summed E-state index contributed by atoms with van der Waals surface area (Å²) in [5.41, 5.74) is 1.39. The van der Waals surface area contributed by atoms with E-state index in [9.17, 15) is 0 Å². The van der Waals surface area contributed by atoms with Crippen LogP contribution in [0.5, 0.6) is 0 Å². The number of likely N-dealkylation sites (tertiary alicyclic amines) is 1. The number of piperidine rings is 1. The highest BCUT2D eigenvalue weighted by Crippen LogP contribution is 2.22. The van der Waals surface area contributed by atoms with E-state index in [2.05, 4.69) is 61.3 Å². The summed E-state index contributed by atoms with van der Waals surface area (Å²) in [7, 11) is 0. The molecule has 1 heterocycles. The molecule has 0 aromatic heterocycles. The van der Waals surface area contributed by atoms with Gasteiger partial charge in [-0.15, -0.1) is 0 Å². The number of rotatable bonds is 6. The van der Waals surface area contributed by atoms with Crippen LogP contribution in [0.3, 0.4) is 0 Å². The number of benzene rings is 1. The van der Waals surface area contributed by atoms with E-state index in [0.717, 1.165) is 5.92 Å². The molecule has 0 spiro atoms. The van der Waals surface area contributed by atoms with Crippen molar-refractivity contribution in [1.29, 1.82) is 0 Å². The number of hydrogen-bond donors (Lipinski definition) is 1. The molecule has 0 saturated carbocycles. The lowest BCUT2D eigenvalue weighted by Gasteiger charge is -2.37. The lowest BCUT2D eigenvalue weighted by atomic mass is 9.90. The van der Waals surface area contributed by atoms with Gasteiger partial charge >= 0.3 is 0 Å². The third-order valence-electron chi connectivity index (χ3n) is 4.60. The maximum atomic E-state index is 3.80. The van der Waals surface area contributed by atoms with Crippen LogP contribution in [0.25, 0.3) is 0 Å². The van der Waals surface area contributed by atoms with Crippen molar-refractivity contribution >= 4 is 0 Å². The van der Waals surface area contributed by atoms with Gasteiger partial charge in [0, 0.05) is 18.6 Å². The molecule has 1 saturated heterocycles. The molecule has 2 rings (SSSR count). The highest BCUT2D eigenvalue weighted by atomic mass is 15.1. The van der Waals surface area contributed by atoms with Gasteiger partial charge in [0.15, 0.2) is 0 Å². The van der Waals surface area contributed by atoms with Crippen LogP contribution >= 0.6 is 0 Å². The molecule has 112 valence electrons. The summed E-state index contributed by atoms with van der Waals surface area (Å²) in [6, 6.07) is 11.8. The topological polar surface area (TPSA) is 15.3 Å². The van der Waals surface area contributed by atoms with E-state index in [1.807, 2.05) is 0 Å². The molecule has 1 aliphatic heterocycles. The Hall–Kier alpha value is -0.860. The molecular weight excluding hydrogens is 244 g/mol. The fourth-order valence-corrected chi connectivity index (χ4v) is 3.39. The van der Waals surface area contributed by atoms with E-state index in [0.29, 0.717) is 12.1 Å². The molecule has 1 N–H and O–H groups in total. The predicted molar refractivity (Wildman–Crippen MR) is 86.9 cm³/mol. The summed E-state index contributed by atoms with van der Waals surface area (Å²) >= 11 is 0. The third-order valence-corrected chi connectivity index (χ3v) is 4.60. The molecule has 0 amide bonds. The molecule has 0 radical (unpaired) electrons. The first-order chi connectivity index (χ1) is 9.70. The average molecular weight is 274 g/mol. The van der Waals surface area contributed by atoms with Crippen molar-refractivity contribution in [2.24, 2.45) is 5.92 Å². The van der Waals surface area contributed by atoms with Gasteiger partial charge in [0.1, 0.15) is 0 Å². The Labute approximate surface area is 124 Å². The van der Waals surface area contributed by atoms with Gasteiger partial charge in [0.25, 0.3) is 0 Å². The van der Waals surface area contributed by atoms with Crippen molar-refractivity contribution in [2.75, 3.05) is 19.6 Å². The van der Waals surface area contributed by atoms with Crippen LogP contribution < -0.4 is 5.32 Å². The van der Waals surface area contributed by atoms with E-state index >= 15 is 0 Å². The van der Waals surface area contributed by atoms with Crippen molar-refractivity contribution in [2.45, 2.75) is 52.1 Å². The smallest absolute Gasteiger partial charge is 0.0294 e. The largest absolute Gasteiger partial charge is 0.307 e. The van der Waals surface area contributed by atoms with Crippen molar-refractivity contribution in [3.63, 3.8) is 0 Å². The van der Waals surface area contributed by atoms with Gasteiger partial charge in [0.05, 0.1) is 0 Å². The first kappa shape index (κ1) is 15.5. The predicted octanol–water partition coefficient (Wildman–Crippen LogP) is 3.85. The summed E-state index contributed by atoms with van der Waals surface area (Å²) in [4.78, 5) is 2.64. The van der Waals surface area contributed by atoms with Crippen LogP contribution in [-0.4, -0.2) is 30.6 Å². The van der Waals surface area contributed by atoms with Gasteiger partial charge < -0.3 is 10.2 Å². The normalized spacial score (nSPS) is 23.4. The Morgan fingerprint density at radius 2 is 2.00 bits per heavy atom. The van der Waals surface area contributed by atoms with Crippen molar-refractivity contribution < 1.29 is 0 Å². The summed E-state index contributed by atoms with van der Waals surface area (Å²) in [6.07, 6.45) is 4.00. The lowest BCUT2D eigenvalue weighted by molar-refractivity contribution is 0.147. The fourth-order valence-electron chi connectivity index (χ4n) is 3.39. The minimum atomic E-state index is 0.438. The molecule has 0 aliphatic carbocycles. The molecule has 0 bridgehead atoms. The zero-order valence-electron chi connectivity index (χ0n) is 13.3. The number of nitrogens with one attached hydrogen (secondary N) is 1. The SMILES string of the molecule is CCCN1CCCC(C(C)N[C@H](C)c2ccccc2)C1. The van der Waals surface area contributed by atoms with Crippen LogP contribution in [0, 0.1) is 5.92 Å². The maximum Gasteiger partial charge on any atom is 0.0294 e. The van der Waals surface area contributed by atoms with Gasteiger partial charge in [-0.3, -0.25) is 0 Å². The Bertz CT molecular complexity index is 374. The molecule has 3 atom stereocenters. The van der Waals surface area contributed by atoms with E-state index in [-0.39, 0.29) is 0 Å². The molecule has 1 aromatic rings. The quantitative estimate of drug-likeness (QED) is 0.847. The van der Waals surface area contributed by atoms with Gasteiger partial charge in [0.2, 0.25) is 0 Å². The van der Waals surface area contributed by atoms with Crippen LogP contribution in [0.1, 0.15) is 51.6 Å². The third kappa shape index (κ3) is 4.32. The minimum absolute atomic E-state index is 0.438. The Balaban J connectivity index is 1.86. The van der Waals surface area contributed by atoms with Crippen LogP contribution in [0.4, 0.5) is 0 Å². The van der Waals surface area contributed by atoms with E-state index in [1.165, 1.54) is 44.5 Å². The second-order valence-electron chi connectivity index (χ2n) is 6.29. The van der Waals surface area contributed by atoms with E-state index < -0.39 is 0 Å². The van der Waals surface area contributed by atoms with Gasteiger partial charge in [-0.1, -0.05) is 37.3 Å². The monoisotopic (exact) mass is 274 g/mol. The fraction of sp³-hybridized carbons (Fsp3) is 0.667. The first-order valence-corrected chi connectivity index (χ1v) is 8.24.